The number of aromatic nitrogens is 4. The van der Waals surface area contributed by atoms with Crippen molar-refractivity contribution in [3.63, 3.8) is 0 Å². The molecule has 2 heterocycles. The highest BCUT2D eigenvalue weighted by atomic mass is 79.9. The van der Waals surface area contributed by atoms with Gasteiger partial charge in [-0.25, -0.2) is 9.48 Å². The van der Waals surface area contributed by atoms with E-state index in [1.54, 1.807) is 43.6 Å². The predicted octanol–water partition coefficient (Wildman–Crippen LogP) is 1.84. The Kier molecular flexibility index (Phi) is 5.08. The fourth-order valence-electron chi connectivity index (χ4n) is 2.37. The minimum atomic E-state index is -0.254. The Labute approximate surface area is 152 Å². The van der Waals surface area contributed by atoms with Crippen molar-refractivity contribution in [2.75, 3.05) is 6.54 Å². The molecule has 2 aromatic heterocycles. The first kappa shape index (κ1) is 17.1. The molecule has 0 radical (unpaired) electrons. The highest BCUT2D eigenvalue weighted by Crippen LogP contribution is 2.15. The maximum absolute atomic E-state index is 12.3. The molecule has 128 valence electrons. The van der Waals surface area contributed by atoms with E-state index >= 15 is 0 Å². The average Bonchev–Trinajstić information content (AvgIpc) is 2.91. The zero-order valence-electron chi connectivity index (χ0n) is 13.5. The van der Waals surface area contributed by atoms with Gasteiger partial charge in [-0.05, 0) is 40.2 Å². The van der Waals surface area contributed by atoms with E-state index in [0.29, 0.717) is 23.6 Å². The molecule has 0 aliphatic heterocycles. The molecule has 0 unspecified atom stereocenters. The predicted molar refractivity (Wildman–Crippen MR) is 97.2 cm³/mol. The number of rotatable bonds is 5. The molecule has 0 aliphatic rings. The molecular formula is C17H16BrN5O2. The lowest BCUT2D eigenvalue weighted by molar-refractivity contribution is 0.0951. The summed E-state index contributed by atoms with van der Waals surface area (Å²) in [5.74, 6) is 0.282. The number of nitrogens with one attached hydrogen (secondary N) is 1. The highest BCUT2D eigenvalue weighted by molar-refractivity contribution is 9.10. The summed E-state index contributed by atoms with van der Waals surface area (Å²) in [6.45, 7) is 0.564. The quantitative estimate of drug-likeness (QED) is 0.706. The van der Waals surface area contributed by atoms with E-state index in [-0.39, 0.29) is 18.1 Å². The Bertz CT molecular complexity index is 949. The zero-order valence-corrected chi connectivity index (χ0v) is 15.1. The van der Waals surface area contributed by atoms with Gasteiger partial charge in [-0.3, -0.25) is 14.3 Å². The second kappa shape index (κ2) is 7.43. The Morgan fingerprint density at radius 3 is 2.68 bits per heavy atom. The Morgan fingerprint density at radius 2 is 1.96 bits per heavy atom. The monoisotopic (exact) mass is 401 g/mol. The van der Waals surface area contributed by atoms with E-state index in [4.69, 9.17) is 0 Å². The fraction of sp³-hybridized carbons (Fsp3) is 0.176. The number of nitrogens with zero attached hydrogens (tertiary/aromatic N) is 4. The first-order chi connectivity index (χ1) is 12.1. The summed E-state index contributed by atoms with van der Waals surface area (Å²) >= 11 is 3.35. The summed E-state index contributed by atoms with van der Waals surface area (Å²) in [5.41, 5.74) is 0.916. The third-order valence-corrected chi connectivity index (χ3v) is 4.35. The lowest BCUT2D eigenvalue weighted by Crippen LogP contribution is -2.31. The van der Waals surface area contributed by atoms with Crippen LogP contribution in [-0.2, 0) is 13.6 Å². The van der Waals surface area contributed by atoms with Gasteiger partial charge in [0.2, 0.25) is 0 Å². The summed E-state index contributed by atoms with van der Waals surface area (Å²) in [6.07, 6.45) is 1.65. The maximum atomic E-state index is 12.3. The first-order valence-electron chi connectivity index (χ1n) is 7.66. The Hall–Kier alpha value is -2.74. The minimum absolute atomic E-state index is 0.207. The number of amides is 1. The second-order valence-corrected chi connectivity index (χ2v) is 6.19. The Balaban J connectivity index is 1.69. The van der Waals surface area contributed by atoms with Gasteiger partial charge >= 0.3 is 5.69 Å². The number of carbonyl (C=O) groups excluding carboxylic acids is 1. The second-order valence-electron chi connectivity index (χ2n) is 5.34. The smallest absolute Gasteiger partial charge is 0.346 e. The lowest BCUT2D eigenvalue weighted by atomic mass is 10.2. The van der Waals surface area contributed by atoms with Gasteiger partial charge < -0.3 is 5.32 Å². The van der Waals surface area contributed by atoms with E-state index in [9.17, 15) is 9.59 Å². The first-order valence-corrected chi connectivity index (χ1v) is 8.45. The number of halogens is 1. The van der Waals surface area contributed by atoms with Crippen molar-refractivity contribution < 1.29 is 4.79 Å². The molecule has 1 N–H and O–H groups in total. The Morgan fingerprint density at radius 1 is 1.20 bits per heavy atom. The van der Waals surface area contributed by atoms with Crippen molar-refractivity contribution >= 4 is 21.8 Å². The molecule has 25 heavy (non-hydrogen) atoms. The van der Waals surface area contributed by atoms with Crippen LogP contribution < -0.4 is 11.0 Å². The summed E-state index contributed by atoms with van der Waals surface area (Å²) in [7, 11) is 1.65. The van der Waals surface area contributed by atoms with Crippen LogP contribution in [0, 0.1) is 0 Å². The number of benzene rings is 1. The van der Waals surface area contributed by atoms with Crippen molar-refractivity contribution in [1.82, 2.24) is 24.6 Å². The van der Waals surface area contributed by atoms with Gasteiger partial charge in [-0.15, -0.1) is 5.10 Å². The normalized spacial score (nSPS) is 10.6. The van der Waals surface area contributed by atoms with E-state index in [2.05, 4.69) is 31.3 Å². The number of carbonyl (C=O) groups is 1. The summed E-state index contributed by atoms with van der Waals surface area (Å²) in [5, 5.41) is 7.10. The molecule has 3 aromatic rings. The van der Waals surface area contributed by atoms with Gasteiger partial charge in [0, 0.05) is 24.3 Å². The van der Waals surface area contributed by atoms with Crippen LogP contribution in [0.2, 0.25) is 0 Å². The average molecular weight is 402 g/mol. The molecule has 1 aromatic carbocycles. The highest BCUT2D eigenvalue weighted by Gasteiger charge is 2.13. The van der Waals surface area contributed by atoms with Gasteiger partial charge in [-0.2, -0.15) is 0 Å². The van der Waals surface area contributed by atoms with Crippen LogP contribution in [0.3, 0.4) is 0 Å². The van der Waals surface area contributed by atoms with Crippen LogP contribution >= 0.6 is 15.9 Å². The summed E-state index contributed by atoms with van der Waals surface area (Å²) in [4.78, 5) is 28.7. The van der Waals surface area contributed by atoms with E-state index in [1.165, 1.54) is 9.25 Å². The van der Waals surface area contributed by atoms with Crippen LogP contribution in [0.25, 0.3) is 11.5 Å². The summed E-state index contributed by atoms with van der Waals surface area (Å²) in [6, 6.07) is 12.6. The zero-order chi connectivity index (χ0) is 17.8. The van der Waals surface area contributed by atoms with Crippen molar-refractivity contribution in [3.8, 4) is 11.5 Å². The molecule has 0 spiro atoms. The topological polar surface area (TPSA) is 81.8 Å². The van der Waals surface area contributed by atoms with Crippen LogP contribution in [0.1, 0.15) is 10.4 Å². The van der Waals surface area contributed by atoms with Crippen molar-refractivity contribution in [1.29, 1.82) is 0 Å². The number of hydrogen-bond acceptors (Lipinski definition) is 4. The van der Waals surface area contributed by atoms with E-state index in [0.717, 1.165) is 4.47 Å². The SMILES string of the molecule is Cn1c(-c2ccccn2)nn(CCNC(=O)c2ccccc2Br)c1=O. The molecule has 0 saturated heterocycles. The molecule has 0 aliphatic carbocycles. The van der Waals surface area contributed by atoms with Gasteiger partial charge in [0.05, 0.1) is 12.1 Å². The van der Waals surface area contributed by atoms with Crippen LogP contribution in [0.5, 0.6) is 0 Å². The number of pyridine rings is 1. The largest absolute Gasteiger partial charge is 0.350 e. The molecule has 0 fully saturated rings. The third kappa shape index (κ3) is 3.69. The van der Waals surface area contributed by atoms with Crippen LogP contribution in [0.4, 0.5) is 0 Å². The molecule has 3 rings (SSSR count). The van der Waals surface area contributed by atoms with Crippen molar-refractivity contribution in [3.05, 3.63) is 69.2 Å². The molecule has 8 heteroatoms. The van der Waals surface area contributed by atoms with Gasteiger partial charge in [-0.1, -0.05) is 18.2 Å². The standard InChI is InChI=1S/C17H16BrN5O2/c1-22-15(14-8-4-5-9-19-14)21-23(17(22)25)11-10-20-16(24)12-6-2-3-7-13(12)18/h2-9H,10-11H2,1H3,(H,20,24). The van der Waals surface area contributed by atoms with Gasteiger partial charge in [0.25, 0.3) is 5.91 Å². The van der Waals surface area contributed by atoms with Crippen molar-refractivity contribution in [2.24, 2.45) is 7.05 Å². The van der Waals surface area contributed by atoms with E-state index in [1.807, 2.05) is 12.1 Å². The molecular weight excluding hydrogens is 386 g/mol. The molecule has 0 saturated carbocycles. The van der Waals surface area contributed by atoms with Crippen LogP contribution in [0.15, 0.2) is 57.9 Å². The van der Waals surface area contributed by atoms with Gasteiger partial charge in [0.1, 0.15) is 5.69 Å². The third-order valence-electron chi connectivity index (χ3n) is 3.66. The molecule has 1 amide bonds. The number of hydrogen-bond donors (Lipinski definition) is 1. The van der Waals surface area contributed by atoms with Gasteiger partial charge in [0.15, 0.2) is 5.82 Å². The van der Waals surface area contributed by atoms with E-state index < -0.39 is 0 Å². The van der Waals surface area contributed by atoms with Crippen LogP contribution in [-0.4, -0.2) is 31.8 Å². The lowest BCUT2D eigenvalue weighted by Gasteiger charge is -2.06. The molecule has 0 atom stereocenters. The summed E-state index contributed by atoms with van der Waals surface area (Å²) < 4.78 is 3.49. The van der Waals surface area contributed by atoms with Crippen molar-refractivity contribution in [2.45, 2.75) is 6.54 Å². The fourth-order valence-corrected chi connectivity index (χ4v) is 2.83. The molecule has 0 bridgehead atoms. The minimum Gasteiger partial charge on any atom is -0.350 e. The maximum Gasteiger partial charge on any atom is 0.346 e. The molecule has 7 nitrogen and oxygen atoms in total.